The second-order valence-corrected chi connectivity index (χ2v) is 8.99. The lowest BCUT2D eigenvalue weighted by atomic mass is 9.95. The Morgan fingerprint density at radius 3 is 2.59 bits per heavy atom. The van der Waals surface area contributed by atoms with Crippen LogP contribution in [0.4, 0.5) is 11.6 Å². The number of ether oxygens (including phenoxy) is 1. The molecule has 0 radical (unpaired) electrons. The predicted octanol–water partition coefficient (Wildman–Crippen LogP) is 5.04. The second kappa shape index (κ2) is 9.30. The first-order valence-corrected chi connectivity index (χ1v) is 11.3. The van der Waals surface area contributed by atoms with Gasteiger partial charge in [0.2, 0.25) is 5.95 Å². The van der Waals surface area contributed by atoms with E-state index in [1.807, 2.05) is 38.1 Å². The van der Waals surface area contributed by atoms with Crippen LogP contribution in [0.3, 0.4) is 0 Å². The molecular weight excluding hydrogens is 454 g/mol. The molecule has 0 bridgehead atoms. The van der Waals surface area contributed by atoms with Crippen LogP contribution < -0.4 is 10.6 Å². The first-order chi connectivity index (χ1) is 16.1. The molecule has 2 aromatic carbocycles. The van der Waals surface area contributed by atoms with Crippen LogP contribution in [-0.2, 0) is 9.53 Å². The van der Waals surface area contributed by atoms with Crippen molar-refractivity contribution in [3.05, 3.63) is 81.3 Å². The van der Waals surface area contributed by atoms with Gasteiger partial charge >= 0.3 is 5.97 Å². The van der Waals surface area contributed by atoms with Crippen molar-refractivity contribution in [3.8, 4) is 0 Å². The molecule has 0 saturated carbocycles. The van der Waals surface area contributed by atoms with Crippen molar-refractivity contribution in [3.63, 3.8) is 0 Å². The summed E-state index contributed by atoms with van der Waals surface area (Å²) in [5.41, 5.74) is 4.53. The van der Waals surface area contributed by atoms with Crippen LogP contribution in [0.25, 0.3) is 0 Å². The molecule has 0 aliphatic carbocycles. The van der Waals surface area contributed by atoms with E-state index in [1.54, 1.807) is 39.0 Å². The zero-order valence-corrected chi connectivity index (χ0v) is 20.4. The molecule has 2 heterocycles. The van der Waals surface area contributed by atoms with Crippen molar-refractivity contribution in [2.75, 3.05) is 10.6 Å². The van der Waals surface area contributed by atoms with Gasteiger partial charge in [-0.1, -0.05) is 41.4 Å². The zero-order valence-electron chi connectivity index (χ0n) is 19.6. The summed E-state index contributed by atoms with van der Waals surface area (Å²) >= 11 is 6.28. The largest absolute Gasteiger partial charge is 0.457 e. The average molecular weight is 480 g/mol. The third kappa shape index (κ3) is 4.68. The minimum atomic E-state index is -0.659. The SMILES string of the molecule is CC1=C(C(=O)Nc2ccc(C)cc2C)[C@H](c2cccc(Cl)c2)n2nc(C(=O)OC(C)C)nc2N1. The van der Waals surface area contributed by atoms with Gasteiger partial charge in [-0.05, 0) is 63.9 Å². The van der Waals surface area contributed by atoms with Gasteiger partial charge in [-0.25, -0.2) is 9.48 Å². The molecule has 9 heteroatoms. The summed E-state index contributed by atoms with van der Waals surface area (Å²) in [6.07, 6.45) is -0.316. The Labute approximate surface area is 203 Å². The number of fused-ring (bicyclic) bond motifs is 1. The minimum absolute atomic E-state index is 0.0907. The molecular formula is C25H26ClN5O3. The Kier molecular flexibility index (Phi) is 6.43. The topological polar surface area (TPSA) is 98.1 Å². The van der Waals surface area contributed by atoms with Gasteiger partial charge in [-0.2, -0.15) is 4.98 Å². The molecule has 1 atom stereocenters. The maximum atomic E-state index is 13.6. The van der Waals surface area contributed by atoms with E-state index in [4.69, 9.17) is 16.3 Å². The van der Waals surface area contributed by atoms with Gasteiger partial charge in [0, 0.05) is 16.4 Å². The smallest absolute Gasteiger partial charge is 0.378 e. The van der Waals surface area contributed by atoms with E-state index in [9.17, 15) is 9.59 Å². The monoisotopic (exact) mass is 479 g/mol. The molecule has 8 nitrogen and oxygen atoms in total. The summed E-state index contributed by atoms with van der Waals surface area (Å²) in [5.74, 6) is -0.690. The molecule has 176 valence electrons. The summed E-state index contributed by atoms with van der Waals surface area (Å²) in [4.78, 5) is 30.4. The Morgan fingerprint density at radius 1 is 1.15 bits per heavy atom. The summed E-state index contributed by atoms with van der Waals surface area (Å²) in [6.45, 7) is 9.24. The number of hydrogen-bond acceptors (Lipinski definition) is 6. The average Bonchev–Trinajstić information content (AvgIpc) is 3.18. The second-order valence-electron chi connectivity index (χ2n) is 8.55. The third-order valence-corrected chi connectivity index (χ3v) is 5.65. The third-order valence-electron chi connectivity index (χ3n) is 5.42. The maximum absolute atomic E-state index is 13.6. The minimum Gasteiger partial charge on any atom is -0.457 e. The normalized spacial score (nSPS) is 15.1. The van der Waals surface area contributed by atoms with Crippen LogP contribution in [0.15, 0.2) is 53.7 Å². The number of nitrogens with zero attached hydrogens (tertiary/aromatic N) is 3. The lowest BCUT2D eigenvalue weighted by Crippen LogP contribution is -2.31. The quantitative estimate of drug-likeness (QED) is 0.497. The predicted molar refractivity (Wildman–Crippen MR) is 131 cm³/mol. The number of carbonyl (C=O) groups is 2. The Morgan fingerprint density at radius 2 is 1.91 bits per heavy atom. The van der Waals surface area contributed by atoms with Gasteiger partial charge in [-0.15, -0.1) is 5.10 Å². The molecule has 2 N–H and O–H groups in total. The van der Waals surface area contributed by atoms with Gasteiger partial charge < -0.3 is 15.4 Å². The van der Waals surface area contributed by atoms with Crippen LogP contribution in [0, 0.1) is 13.8 Å². The number of allylic oxidation sites excluding steroid dienone is 1. The van der Waals surface area contributed by atoms with Crippen molar-refractivity contribution in [1.82, 2.24) is 14.8 Å². The van der Waals surface area contributed by atoms with E-state index in [1.165, 1.54) is 4.68 Å². The highest BCUT2D eigenvalue weighted by molar-refractivity contribution is 6.30. The number of carbonyl (C=O) groups excluding carboxylic acids is 2. The van der Waals surface area contributed by atoms with Crippen LogP contribution in [0.5, 0.6) is 0 Å². The highest BCUT2D eigenvalue weighted by Gasteiger charge is 2.35. The van der Waals surface area contributed by atoms with Gasteiger partial charge in [0.15, 0.2) is 0 Å². The summed E-state index contributed by atoms with van der Waals surface area (Å²) in [5, 5.41) is 11.0. The standard InChI is InChI=1S/C25H26ClN5O3/c1-13(2)34-24(33)22-29-25-27-16(5)20(23(32)28-19-10-9-14(3)11-15(19)4)21(31(25)30-22)17-7-6-8-18(26)12-17/h6-13,21H,1-5H3,(H,28,32)(H,27,29,30)/t21-/m0/s1. The van der Waals surface area contributed by atoms with Crippen LogP contribution in [0.1, 0.15) is 54.1 Å². The maximum Gasteiger partial charge on any atom is 0.378 e. The van der Waals surface area contributed by atoms with Gasteiger partial charge in [0.05, 0.1) is 11.7 Å². The van der Waals surface area contributed by atoms with Crippen molar-refractivity contribution >= 4 is 35.1 Å². The van der Waals surface area contributed by atoms with Crippen molar-refractivity contribution in [2.24, 2.45) is 0 Å². The molecule has 3 aromatic rings. The van der Waals surface area contributed by atoms with Crippen LogP contribution >= 0.6 is 11.6 Å². The molecule has 1 amide bonds. The van der Waals surface area contributed by atoms with Crippen LogP contribution in [-0.4, -0.2) is 32.7 Å². The molecule has 1 aliphatic heterocycles. The van der Waals surface area contributed by atoms with Gasteiger partial charge in [-0.3, -0.25) is 4.79 Å². The molecule has 0 fully saturated rings. The van der Waals surface area contributed by atoms with E-state index in [0.29, 0.717) is 27.9 Å². The van der Waals surface area contributed by atoms with E-state index in [0.717, 1.165) is 16.7 Å². The van der Waals surface area contributed by atoms with Gasteiger partial charge in [0.1, 0.15) is 6.04 Å². The number of aromatic nitrogens is 3. The fraction of sp³-hybridized carbons (Fsp3) is 0.280. The number of benzene rings is 2. The lowest BCUT2D eigenvalue weighted by molar-refractivity contribution is -0.113. The zero-order chi connectivity index (χ0) is 24.6. The first-order valence-electron chi connectivity index (χ1n) is 10.9. The van der Waals surface area contributed by atoms with E-state index < -0.39 is 12.0 Å². The van der Waals surface area contributed by atoms with Gasteiger partial charge in [0.25, 0.3) is 11.7 Å². The van der Waals surface area contributed by atoms with Crippen molar-refractivity contribution in [2.45, 2.75) is 46.8 Å². The van der Waals surface area contributed by atoms with E-state index in [2.05, 4.69) is 20.7 Å². The number of rotatable bonds is 5. The van der Waals surface area contributed by atoms with Crippen molar-refractivity contribution in [1.29, 1.82) is 0 Å². The molecule has 1 aromatic heterocycles. The number of amides is 1. The van der Waals surface area contributed by atoms with E-state index in [-0.39, 0.29) is 17.8 Å². The molecule has 0 unspecified atom stereocenters. The molecule has 1 aliphatic rings. The number of hydrogen-bond donors (Lipinski definition) is 2. The number of halogens is 1. The number of nitrogens with one attached hydrogen (secondary N) is 2. The highest BCUT2D eigenvalue weighted by atomic mass is 35.5. The van der Waals surface area contributed by atoms with Crippen LogP contribution in [0.2, 0.25) is 5.02 Å². The fourth-order valence-electron chi connectivity index (χ4n) is 3.93. The lowest BCUT2D eigenvalue weighted by Gasteiger charge is -2.29. The summed E-state index contributed by atoms with van der Waals surface area (Å²) < 4.78 is 6.78. The Hall–Kier alpha value is -3.65. The van der Waals surface area contributed by atoms with Crippen molar-refractivity contribution < 1.29 is 14.3 Å². The number of aryl methyl sites for hydroxylation is 2. The number of anilines is 2. The highest BCUT2D eigenvalue weighted by Crippen LogP contribution is 2.36. The first kappa shape index (κ1) is 23.5. The summed E-state index contributed by atoms with van der Waals surface area (Å²) in [6, 6.07) is 12.4. The fourth-order valence-corrected chi connectivity index (χ4v) is 4.13. The summed E-state index contributed by atoms with van der Waals surface area (Å²) in [7, 11) is 0. The molecule has 4 rings (SSSR count). The molecule has 0 saturated heterocycles. The Balaban J connectivity index is 1.78. The molecule has 0 spiro atoms. The molecule has 34 heavy (non-hydrogen) atoms. The Bertz CT molecular complexity index is 1310. The van der Waals surface area contributed by atoms with E-state index >= 15 is 0 Å². The number of esters is 1.